The highest BCUT2D eigenvalue weighted by atomic mass is 32.2. The van der Waals surface area contributed by atoms with E-state index >= 15 is 0 Å². The summed E-state index contributed by atoms with van der Waals surface area (Å²) in [6.07, 6.45) is 0.608. The Morgan fingerprint density at radius 2 is 1.89 bits per heavy atom. The number of anilines is 1. The summed E-state index contributed by atoms with van der Waals surface area (Å²) in [6.45, 7) is 3.57. The van der Waals surface area contributed by atoms with Crippen molar-refractivity contribution >= 4 is 15.7 Å². The van der Waals surface area contributed by atoms with Gasteiger partial charge in [-0.3, -0.25) is 4.31 Å². The van der Waals surface area contributed by atoms with E-state index < -0.39 is 10.0 Å². The molecule has 0 unspecified atom stereocenters. The van der Waals surface area contributed by atoms with Gasteiger partial charge in [-0.05, 0) is 43.8 Å². The Labute approximate surface area is 115 Å². The van der Waals surface area contributed by atoms with E-state index in [0.29, 0.717) is 24.4 Å². The lowest BCUT2D eigenvalue weighted by molar-refractivity contribution is 0.415. The van der Waals surface area contributed by atoms with Crippen LogP contribution in [0.5, 0.6) is 5.75 Å². The molecule has 0 aromatic heterocycles. The highest BCUT2D eigenvalue weighted by molar-refractivity contribution is 7.92. The van der Waals surface area contributed by atoms with Crippen molar-refractivity contribution in [1.29, 1.82) is 0 Å². The molecule has 1 N–H and O–H groups in total. The Bertz CT molecular complexity index is 471. The predicted molar refractivity (Wildman–Crippen MR) is 78.3 cm³/mol. The summed E-state index contributed by atoms with van der Waals surface area (Å²) >= 11 is 0. The van der Waals surface area contributed by atoms with Crippen molar-refractivity contribution in [2.45, 2.75) is 13.3 Å². The monoisotopic (exact) mass is 286 g/mol. The van der Waals surface area contributed by atoms with Crippen molar-refractivity contribution in [2.24, 2.45) is 0 Å². The van der Waals surface area contributed by atoms with Crippen LogP contribution in [0, 0.1) is 0 Å². The predicted octanol–water partition coefficient (Wildman–Crippen LogP) is 1.46. The summed E-state index contributed by atoms with van der Waals surface area (Å²) in [7, 11) is -0.107. The van der Waals surface area contributed by atoms with Crippen molar-refractivity contribution in [3.8, 4) is 5.75 Å². The fourth-order valence-electron chi connectivity index (χ4n) is 1.65. The Balaban J connectivity index is 2.65. The van der Waals surface area contributed by atoms with E-state index in [2.05, 4.69) is 5.32 Å². The molecule has 0 saturated heterocycles. The number of hydrogen-bond donors (Lipinski definition) is 1. The molecular weight excluding hydrogens is 264 g/mol. The topological polar surface area (TPSA) is 58.6 Å². The molecule has 5 nitrogen and oxygen atoms in total. The Morgan fingerprint density at radius 1 is 1.26 bits per heavy atom. The van der Waals surface area contributed by atoms with Gasteiger partial charge in [0, 0.05) is 7.05 Å². The lowest BCUT2D eigenvalue weighted by Crippen LogP contribution is -2.30. The van der Waals surface area contributed by atoms with E-state index in [-0.39, 0.29) is 5.75 Å². The Hall–Kier alpha value is -1.27. The molecule has 108 valence electrons. The van der Waals surface area contributed by atoms with Crippen LogP contribution in [0.4, 0.5) is 5.69 Å². The normalized spacial score (nSPS) is 11.3. The first-order valence-electron chi connectivity index (χ1n) is 6.32. The van der Waals surface area contributed by atoms with Crippen LogP contribution in [0.25, 0.3) is 0 Å². The molecule has 0 saturated carbocycles. The minimum Gasteiger partial charge on any atom is -0.497 e. The van der Waals surface area contributed by atoms with Crippen LogP contribution >= 0.6 is 0 Å². The van der Waals surface area contributed by atoms with Crippen LogP contribution in [0.1, 0.15) is 13.3 Å². The summed E-state index contributed by atoms with van der Waals surface area (Å²) in [6, 6.07) is 6.97. The van der Waals surface area contributed by atoms with E-state index in [1.165, 1.54) is 4.31 Å². The van der Waals surface area contributed by atoms with Crippen LogP contribution in [0.3, 0.4) is 0 Å². The third-order valence-corrected chi connectivity index (χ3v) is 4.71. The summed E-state index contributed by atoms with van der Waals surface area (Å²) in [5.41, 5.74) is 0.643. The maximum absolute atomic E-state index is 12.1. The van der Waals surface area contributed by atoms with Gasteiger partial charge in [-0.25, -0.2) is 8.42 Å². The molecule has 1 aromatic rings. The van der Waals surface area contributed by atoms with Gasteiger partial charge in [0.15, 0.2) is 0 Å². The molecule has 0 radical (unpaired) electrons. The molecule has 0 aliphatic carbocycles. The zero-order valence-corrected chi connectivity index (χ0v) is 12.5. The molecule has 19 heavy (non-hydrogen) atoms. The van der Waals surface area contributed by atoms with Crippen molar-refractivity contribution in [1.82, 2.24) is 5.32 Å². The molecule has 0 bridgehead atoms. The molecule has 0 aliphatic heterocycles. The van der Waals surface area contributed by atoms with Crippen molar-refractivity contribution in [2.75, 3.05) is 37.3 Å². The van der Waals surface area contributed by atoms with Crippen LogP contribution in [-0.2, 0) is 10.0 Å². The molecule has 0 fully saturated rings. The van der Waals surface area contributed by atoms with E-state index in [0.717, 1.165) is 6.54 Å². The number of benzene rings is 1. The maximum atomic E-state index is 12.1. The standard InChI is InChI=1S/C13H22N2O3S/c1-4-14-10-5-11-19(16,17)15(2)12-6-8-13(18-3)9-7-12/h6-9,14H,4-5,10-11H2,1-3H3. The van der Waals surface area contributed by atoms with E-state index in [1.54, 1.807) is 38.4 Å². The minimum atomic E-state index is -3.26. The number of sulfonamides is 1. The molecule has 0 atom stereocenters. The van der Waals surface area contributed by atoms with Gasteiger partial charge in [-0.15, -0.1) is 0 Å². The van der Waals surface area contributed by atoms with E-state index in [9.17, 15) is 8.42 Å². The molecule has 6 heteroatoms. The Kier molecular flexibility index (Phi) is 6.11. The second kappa shape index (κ2) is 7.35. The van der Waals surface area contributed by atoms with Gasteiger partial charge in [0.1, 0.15) is 5.75 Å². The third-order valence-electron chi connectivity index (χ3n) is 2.86. The lowest BCUT2D eigenvalue weighted by Gasteiger charge is -2.19. The quantitative estimate of drug-likeness (QED) is 0.735. The van der Waals surface area contributed by atoms with Crippen LogP contribution < -0.4 is 14.4 Å². The molecule has 0 amide bonds. The molecule has 0 aliphatic rings. The number of ether oxygens (including phenoxy) is 1. The number of nitrogens with one attached hydrogen (secondary N) is 1. The highest BCUT2D eigenvalue weighted by Gasteiger charge is 2.17. The second-order valence-electron chi connectivity index (χ2n) is 4.19. The van der Waals surface area contributed by atoms with Gasteiger partial charge in [-0.1, -0.05) is 6.92 Å². The summed E-state index contributed by atoms with van der Waals surface area (Å²) in [4.78, 5) is 0. The maximum Gasteiger partial charge on any atom is 0.234 e. The average molecular weight is 286 g/mol. The number of hydrogen-bond acceptors (Lipinski definition) is 4. The molecule has 0 heterocycles. The SMILES string of the molecule is CCNCCCS(=O)(=O)N(C)c1ccc(OC)cc1. The van der Waals surface area contributed by atoms with Crippen molar-refractivity contribution in [3.05, 3.63) is 24.3 Å². The Morgan fingerprint density at radius 3 is 2.42 bits per heavy atom. The van der Waals surface area contributed by atoms with Gasteiger partial charge in [0.2, 0.25) is 10.0 Å². The fourth-order valence-corrected chi connectivity index (χ4v) is 2.87. The van der Waals surface area contributed by atoms with Gasteiger partial charge >= 0.3 is 0 Å². The van der Waals surface area contributed by atoms with Gasteiger partial charge in [0.05, 0.1) is 18.6 Å². The lowest BCUT2D eigenvalue weighted by atomic mass is 10.3. The molecule has 1 aromatic carbocycles. The first kappa shape index (κ1) is 15.8. The van der Waals surface area contributed by atoms with E-state index in [1.807, 2.05) is 6.92 Å². The summed E-state index contributed by atoms with van der Waals surface area (Å²) < 4.78 is 30.6. The minimum absolute atomic E-state index is 0.141. The van der Waals surface area contributed by atoms with Gasteiger partial charge < -0.3 is 10.1 Å². The number of nitrogens with zero attached hydrogens (tertiary/aromatic N) is 1. The zero-order chi connectivity index (χ0) is 14.3. The fraction of sp³-hybridized carbons (Fsp3) is 0.538. The van der Waals surface area contributed by atoms with Gasteiger partial charge in [-0.2, -0.15) is 0 Å². The van der Waals surface area contributed by atoms with Gasteiger partial charge in [0.25, 0.3) is 0 Å². The smallest absolute Gasteiger partial charge is 0.234 e. The first-order valence-corrected chi connectivity index (χ1v) is 7.93. The number of methoxy groups -OCH3 is 1. The van der Waals surface area contributed by atoms with E-state index in [4.69, 9.17) is 4.74 Å². The molecular formula is C13H22N2O3S. The van der Waals surface area contributed by atoms with Crippen LogP contribution in [0.2, 0.25) is 0 Å². The first-order chi connectivity index (χ1) is 9.01. The third kappa shape index (κ3) is 4.72. The summed E-state index contributed by atoms with van der Waals surface area (Å²) in [5, 5.41) is 3.12. The highest BCUT2D eigenvalue weighted by Crippen LogP contribution is 2.20. The number of rotatable bonds is 8. The zero-order valence-electron chi connectivity index (χ0n) is 11.7. The molecule has 0 spiro atoms. The molecule has 1 rings (SSSR count). The largest absolute Gasteiger partial charge is 0.497 e. The van der Waals surface area contributed by atoms with Crippen molar-refractivity contribution in [3.63, 3.8) is 0 Å². The van der Waals surface area contributed by atoms with Crippen LogP contribution in [-0.4, -0.2) is 41.4 Å². The average Bonchev–Trinajstić information content (AvgIpc) is 2.43. The van der Waals surface area contributed by atoms with Crippen LogP contribution in [0.15, 0.2) is 24.3 Å². The second-order valence-corrected chi connectivity index (χ2v) is 6.31. The van der Waals surface area contributed by atoms with Crippen molar-refractivity contribution < 1.29 is 13.2 Å². The summed E-state index contributed by atoms with van der Waals surface area (Å²) in [5.74, 6) is 0.851.